The first-order valence-corrected chi connectivity index (χ1v) is 5.48. The van der Waals surface area contributed by atoms with Crippen LogP contribution in [0, 0.1) is 5.92 Å². The van der Waals surface area contributed by atoms with Crippen molar-refractivity contribution in [1.29, 1.82) is 0 Å². The highest BCUT2D eigenvalue weighted by molar-refractivity contribution is 5.25. The highest BCUT2D eigenvalue weighted by atomic mass is 15.3. The molecule has 0 saturated carbocycles. The number of aryl methyl sites for hydroxylation is 1. The summed E-state index contributed by atoms with van der Waals surface area (Å²) >= 11 is 0. The summed E-state index contributed by atoms with van der Waals surface area (Å²) in [6, 6.07) is 0.508. The molecule has 0 spiro atoms. The number of fused-ring (bicyclic) bond motifs is 1. The molecule has 0 radical (unpaired) electrons. The Morgan fingerprint density at radius 3 is 3.07 bits per heavy atom. The Morgan fingerprint density at radius 1 is 1.64 bits per heavy atom. The lowest BCUT2D eigenvalue weighted by atomic mass is 9.85. The van der Waals surface area contributed by atoms with Gasteiger partial charge in [0.25, 0.3) is 0 Å². The van der Waals surface area contributed by atoms with Crippen molar-refractivity contribution < 1.29 is 0 Å². The molecule has 0 amide bonds. The van der Waals surface area contributed by atoms with Crippen LogP contribution in [0.3, 0.4) is 0 Å². The van der Waals surface area contributed by atoms with Crippen molar-refractivity contribution >= 4 is 0 Å². The molecule has 78 valence electrons. The predicted molar refractivity (Wildman–Crippen MR) is 57.2 cm³/mol. The van der Waals surface area contributed by atoms with E-state index in [1.807, 2.05) is 13.2 Å². The third-order valence-electron chi connectivity index (χ3n) is 3.18. The smallest absolute Gasteiger partial charge is 0.0540 e. The lowest BCUT2D eigenvalue weighted by molar-refractivity contribution is 0.387. The monoisotopic (exact) mass is 193 g/mol. The molecule has 0 aromatic carbocycles. The van der Waals surface area contributed by atoms with Crippen LogP contribution in [0.15, 0.2) is 6.20 Å². The van der Waals surface area contributed by atoms with E-state index in [0.717, 1.165) is 12.5 Å². The van der Waals surface area contributed by atoms with E-state index in [4.69, 9.17) is 0 Å². The van der Waals surface area contributed by atoms with Gasteiger partial charge in [-0.1, -0.05) is 6.92 Å². The van der Waals surface area contributed by atoms with Crippen LogP contribution in [0.4, 0.5) is 0 Å². The molecule has 3 nitrogen and oxygen atoms in total. The third-order valence-corrected chi connectivity index (χ3v) is 3.18. The predicted octanol–water partition coefficient (Wildman–Crippen LogP) is 1.75. The summed E-state index contributed by atoms with van der Waals surface area (Å²) in [5, 5.41) is 7.80. The van der Waals surface area contributed by atoms with E-state index in [1.54, 1.807) is 0 Å². The van der Waals surface area contributed by atoms with Crippen molar-refractivity contribution in [1.82, 2.24) is 15.1 Å². The molecule has 1 N–H and O–H groups in total. The van der Waals surface area contributed by atoms with E-state index < -0.39 is 0 Å². The molecule has 0 saturated heterocycles. The number of aromatic nitrogens is 2. The Morgan fingerprint density at radius 2 is 2.43 bits per heavy atom. The van der Waals surface area contributed by atoms with Crippen LogP contribution in [-0.2, 0) is 13.0 Å². The largest absolute Gasteiger partial charge is 0.313 e. The van der Waals surface area contributed by atoms with Gasteiger partial charge in [0.2, 0.25) is 0 Å². The molecule has 0 aliphatic heterocycles. The van der Waals surface area contributed by atoms with Gasteiger partial charge in [-0.25, -0.2) is 0 Å². The van der Waals surface area contributed by atoms with Crippen LogP contribution < -0.4 is 5.32 Å². The minimum Gasteiger partial charge on any atom is -0.313 e. The van der Waals surface area contributed by atoms with E-state index in [9.17, 15) is 0 Å². The fraction of sp³-hybridized carbons (Fsp3) is 0.727. The van der Waals surface area contributed by atoms with E-state index in [2.05, 4.69) is 28.9 Å². The maximum atomic E-state index is 4.43. The van der Waals surface area contributed by atoms with Crippen LogP contribution in [-0.4, -0.2) is 16.8 Å². The van der Waals surface area contributed by atoms with Crippen LogP contribution in [0.2, 0.25) is 0 Å². The first-order chi connectivity index (χ1) is 6.76. The Hall–Kier alpha value is -0.830. The molecular weight excluding hydrogens is 174 g/mol. The minimum atomic E-state index is 0.508. The molecule has 1 heterocycles. The fourth-order valence-corrected chi connectivity index (χ4v) is 2.43. The van der Waals surface area contributed by atoms with Crippen molar-refractivity contribution in [2.24, 2.45) is 5.92 Å². The highest BCUT2D eigenvalue weighted by Crippen LogP contribution is 2.32. The normalized spacial score (nSPS) is 26.2. The lowest BCUT2D eigenvalue weighted by Gasteiger charge is -2.27. The zero-order valence-corrected chi connectivity index (χ0v) is 9.25. The molecule has 2 unspecified atom stereocenters. The molecule has 1 aromatic heterocycles. The van der Waals surface area contributed by atoms with Crippen molar-refractivity contribution in [3.8, 4) is 0 Å². The molecule has 14 heavy (non-hydrogen) atoms. The van der Waals surface area contributed by atoms with Gasteiger partial charge in [-0.15, -0.1) is 0 Å². The van der Waals surface area contributed by atoms with E-state index in [-0.39, 0.29) is 0 Å². The van der Waals surface area contributed by atoms with Gasteiger partial charge >= 0.3 is 0 Å². The third kappa shape index (κ3) is 1.46. The number of rotatable bonds is 2. The molecular formula is C11H19N3. The highest BCUT2D eigenvalue weighted by Gasteiger charge is 2.26. The number of nitrogens with zero attached hydrogens (tertiary/aromatic N) is 2. The summed E-state index contributed by atoms with van der Waals surface area (Å²) in [7, 11) is 2.04. The van der Waals surface area contributed by atoms with Gasteiger partial charge < -0.3 is 5.32 Å². The molecule has 1 aliphatic rings. The summed E-state index contributed by atoms with van der Waals surface area (Å²) < 4.78 is 2.13. The van der Waals surface area contributed by atoms with Gasteiger partial charge in [0.05, 0.1) is 6.20 Å². The Labute approximate surface area is 85.5 Å². The van der Waals surface area contributed by atoms with Gasteiger partial charge in [0, 0.05) is 23.8 Å². The molecule has 2 rings (SSSR count). The number of nitrogens with one attached hydrogen (secondary N) is 1. The quantitative estimate of drug-likeness (QED) is 0.775. The van der Waals surface area contributed by atoms with Gasteiger partial charge in [-0.2, -0.15) is 5.10 Å². The van der Waals surface area contributed by atoms with Crippen molar-refractivity contribution in [2.45, 2.75) is 39.3 Å². The number of hydrogen-bond donors (Lipinski definition) is 1. The maximum absolute atomic E-state index is 4.43. The average Bonchev–Trinajstić information content (AvgIpc) is 2.59. The molecule has 0 bridgehead atoms. The summed E-state index contributed by atoms with van der Waals surface area (Å²) in [4.78, 5) is 0. The summed E-state index contributed by atoms with van der Waals surface area (Å²) in [6.45, 7) is 5.46. The molecule has 2 atom stereocenters. The van der Waals surface area contributed by atoms with Crippen LogP contribution in [0.5, 0.6) is 0 Å². The van der Waals surface area contributed by atoms with Crippen LogP contribution in [0.1, 0.15) is 37.6 Å². The Balaban J connectivity index is 2.37. The minimum absolute atomic E-state index is 0.508. The summed E-state index contributed by atoms with van der Waals surface area (Å²) in [6.07, 6.45) is 4.45. The van der Waals surface area contributed by atoms with Crippen molar-refractivity contribution in [2.75, 3.05) is 7.05 Å². The first-order valence-electron chi connectivity index (χ1n) is 5.48. The van der Waals surface area contributed by atoms with Gasteiger partial charge in [0.15, 0.2) is 0 Å². The van der Waals surface area contributed by atoms with Gasteiger partial charge in [-0.3, -0.25) is 4.68 Å². The standard InChI is InChI=1S/C11H19N3/c1-4-14-11-6-8(2)5-10(12-3)9(11)7-13-14/h7-8,10,12H,4-6H2,1-3H3. The molecule has 0 fully saturated rings. The second-order valence-electron chi connectivity index (χ2n) is 4.25. The molecule has 3 heteroatoms. The molecule has 1 aromatic rings. The first kappa shape index (κ1) is 9.71. The van der Waals surface area contributed by atoms with Gasteiger partial charge in [0.1, 0.15) is 0 Å². The van der Waals surface area contributed by atoms with Crippen LogP contribution >= 0.6 is 0 Å². The topological polar surface area (TPSA) is 29.9 Å². The summed E-state index contributed by atoms with van der Waals surface area (Å²) in [5.74, 6) is 0.766. The van der Waals surface area contributed by atoms with E-state index in [1.165, 1.54) is 24.1 Å². The second-order valence-corrected chi connectivity index (χ2v) is 4.25. The van der Waals surface area contributed by atoms with Crippen LogP contribution in [0.25, 0.3) is 0 Å². The average molecular weight is 193 g/mol. The zero-order chi connectivity index (χ0) is 10.1. The SMILES string of the molecule is CCn1ncc2c1CC(C)CC2NC. The van der Waals surface area contributed by atoms with Crippen molar-refractivity contribution in [3.05, 3.63) is 17.5 Å². The van der Waals surface area contributed by atoms with Crippen molar-refractivity contribution in [3.63, 3.8) is 0 Å². The fourth-order valence-electron chi connectivity index (χ4n) is 2.43. The Kier molecular flexibility index (Phi) is 2.59. The van der Waals surface area contributed by atoms with Gasteiger partial charge in [-0.05, 0) is 32.7 Å². The Bertz CT molecular complexity index is 316. The summed E-state index contributed by atoms with van der Waals surface area (Å²) in [5.41, 5.74) is 2.85. The second kappa shape index (κ2) is 3.73. The zero-order valence-electron chi connectivity index (χ0n) is 9.25. The van der Waals surface area contributed by atoms with E-state index >= 15 is 0 Å². The lowest BCUT2D eigenvalue weighted by Crippen LogP contribution is -2.26. The number of hydrogen-bond acceptors (Lipinski definition) is 2. The molecule has 1 aliphatic carbocycles. The van der Waals surface area contributed by atoms with E-state index in [0.29, 0.717) is 6.04 Å². The maximum Gasteiger partial charge on any atom is 0.0540 e.